The standard InChI is InChI=1S/C13H17F2NO/c1-9-3-4-10(7-12(9)17-2)13(14,15)8-16-11-5-6-11/h3-4,7,11,16H,5-6,8H2,1-2H3. The van der Waals surface area contributed by atoms with Gasteiger partial charge in [-0.1, -0.05) is 12.1 Å². The lowest BCUT2D eigenvalue weighted by atomic mass is 10.1. The highest BCUT2D eigenvalue weighted by Crippen LogP contribution is 2.32. The van der Waals surface area contributed by atoms with E-state index in [0.29, 0.717) is 5.75 Å². The largest absolute Gasteiger partial charge is 0.496 e. The molecule has 0 spiro atoms. The predicted molar refractivity (Wildman–Crippen MR) is 62.6 cm³/mol. The van der Waals surface area contributed by atoms with Crippen molar-refractivity contribution in [1.29, 1.82) is 0 Å². The summed E-state index contributed by atoms with van der Waals surface area (Å²) in [5, 5.41) is 2.86. The maximum absolute atomic E-state index is 13.9. The third kappa shape index (κ3) is 2.94. The maximum Gasteiger partial charge on any atom is 0.285 e. The highest BCUT2D eigenvalue weighted by atomic mass is 19.3. The van der Waals surface area contributed by atoms with Gasteiger partial charge in [0.15, 0.2) is 0 Å². The fourth-order valence-corrected chi connectivity index (χ4v) is 1.71. The molecule has 2 nitrogen and oxygen atoms in total. The summed E-state index contributed by atoms with van der Waals surface area (Å²) in [4.78, 5) is 0. The molecule has 0 saturated heterocycles. The van der Waals surface area contributed by atoms with Crippen LogP contribution in [0.5, 0.6) is 5.75 Å². The Bertz CT molecular complexity index is 402. The van der Waals surface area contributed by atoms with E-state index >= 15 is 0 Å². The van der Waals surface area contributed by atoms with Crippen LogP contribution in [0, 0.1) is 6.92 Å². The van der Waals surface area contributed by atoms with Gasteiger partial charge in [-0.05, 0) is 31.4 Å². The summed E-state index contributed by atoms with van der Waals surface area (Å²) in [6.45, 7) is 1.53. The van der Waals surface area contributed by atoms with E-state index in [1.165, 1.54) is 19.2 Å². The lowest BCUT2D eigenvalue weighted by Gasteiger charge is -2.18. The molecule has 1 N–H and O–H groups in total. The van der Waals surface area contributed by atoms with E-state index in [4.69, 9.17) is 4.74 Å². The third-order valence-corrected chi connectivity index (χ3v) is 3.02. The van der Waals surface area contributed by atoms with Crippen LogP contribution in [0.2, 0.25) is 0 Å². The molecule has 1 aliphatic carbocycles. The number of alkyl halides is 2. The van der Waals surface area contributed by atoms with E-state index in [9.17, 15) is 8.78 Å². The van der Waals surface area contributed by atoms with Crippen LogP contribution in [0.4, 0.5) is 8.78 Å². The van der Waals surface area contributed by atoms with E-state index in [1.54, 1.807) is 6.07 Å². The lowest BCUT2D eigenvalue weighted by molar-refractivity contribution is -0.00368. The number of hydrogen-bond acceptors (Lipinski definition) is 2. The maximum atomic E-state index is 13.9. The van der Waals surface area contributed by atoms with Gasteiger partial charge in [0.1, 0.15) is 5.75 Å². The number of rotatable bonds is 5. The van der Waals surface area contributed by atoms with Gasteiger partial charge in [-0.2, -0.15) is 8.78 Å². The number of nitrogens with one attached hydrogen (secondary N) is 1. The zero-order valence-electron chi connectivity index (χ0n) is 10.1. The van der Waals surface area contributed by atoms with Gasteiger partial charge >= 0.3 is 0 Å². The minimum atomic E-state index is -2.84. The van der Waals surface area contributed by atoms with Crippen LogP contribution in [0.3, 0.4) is 0 Å². The molecule has 2 rings (SSSR count). The molecule has 1 aromatic rings. The molecule has 4 heteroatoms. The summed E-state index contributed by atoms with van der Waals surface area (Å²) < 4.78 is 32.8. The zero-order chi connectivity index (χ0) is 12.5. The van der Waals surface area contributed by atoms with Crippen LogP contribution in [0.1, 0.15) is 24.0 Å². The molecular weight excluding hydrogens is 224 g/mol. The number of methoxy groups -OCH3 is 1. The van der Waals surface area contributed by atoms with E-state index in [2.05, 4.69) is 5.32 Å². The molecule has 1 saturated carbocycles. The first kappa shape index (κ1) is 12.3. The van der Waals surface area contributed by atoms with Crippen molar-refractivity contribution in [3.05, 3.63) is 29.3 Å². The first-order valence-electron chi connectivity index (χ1n) is 5.79. The monoisotopic (exact) mass is 241 g/mol. The van der Waals surface area contributed by atoms with Crippen molar-refractivity contribution in [2.45, 2.75) is 31.7 Å². The van der Waals surface area contributed by atoms with Gasteiger partial charge in [-0.25, -0.2) is 0 Å². The van der Waals surface area contributed by atoms with E-state index in [0.717, 1.165) is 18.4 Å². The van der Waals surface area contributed by atoms with Crippen molar-refractivity contribution in [2.24, 2.45) is 0 Å². The fraction of sp³-hybridized carbons (Fsp3) is 0.538. The van der Waals surface area contributed by atoms with Crippen molar-refractivity contribution >= 4 is 0 Å². The first-order valence-corrected chi connectivity index (χ1v) is 5.79. The Morgan fingerprint density at radius 3 is 2.71 bits per heavy atom. The molecule has 1 aliphatic rings. The Morgan fingerprint density at radius 2 is 2.12 bits per heavy atom. The zero-order valence-corrected chi connectivity index (χ0v) is 10.1. The molecule has 0 aromatic heterocycles. The Balaban J connectivity index is 2.12. The Labute approximate surface area is 100.0 Å². The van der Waals surface area contributed by atoms with Crippen molar-refractivity contribution < 1.29 is 13.5 Å². The van der Waals surface area contributed by atoms with E-state index < -0.39 is 5.92 Å². The summed E-state index contributed by atoms with van der Waals surface area (Å²) in [7, 11) is 1.49. The first-order chi connectivity index (χ1) is 8.03. The quantitative estimate of drug-likeness (QED) is 0.856. The Morgan fingerprint density at radius 1 is 1.41 bits per heavy atom. The van der Waals surface area contributed by atoms with E-state index in [-0.39, 0.29) is 18.2 Å². The molecule has 17 heavy (non-hydrogen) atoms. The summed E-state index contributed by atoms with van der Waals surface area (Å²) in [6.07, 6.45) is 2.01. The Kier molecular flexibility index (Phi) is 3.33. The second-order valence-corrected chi connectivity index (χ2v) is 4.54. The van der Waals surface area contributed by atoms with Gasteiger partial charge in [-0.3, -0.25) is 0 Å². The predicted octanol–water partition coefficient (Wildman–Crippen LogP) is 2.85. The number of ether oxygens (including phenoxy) is 1. The smallest absolute Gasteiger partial charge is 0.285 e. The molecule has 0 radical (unpaired) electrons. The van der Waals surface area contributed by atoms with Crippen LogP contribution < -0.4 is 10.1 Å². The van der Waals surface area contributed by atoms with Crippen molar-refractivity contribution in [2.75, 3.05) is 13.7 Å². The summed E-state index contributed by atoms with van der Waals surface area (Å²) in [5.41, 5.74) is 0.871. The Hall–Kier alpha value is -1.16. The van der Waals surface area contributed by atoms with Crippen LogP contribution in [-0.4, -0.2) is 19.7 Å². The van der Waals surface area contributed by atoms with Crippen molar-refractivity contribution in [3.8, 4) is 5.75 Å². The lowest BCUT2D eigenvalue weighted by Crippen LogP contribution is -2.32. The highest BCUT2D eigenvalue weighted by Gasteiger charge is 2.34. The van der Waals surface area contributed by atoms with Gasteiger partial charge in [0, 0.05) is 11.6 Å². The fourth-order valence-electron chi connectivity index (χ4n) is 1.71. The number of benzene rings is 1. The topological polar surface area (TPSA) is 21.3 Å². The third-order valence-electron chi connectivity index (χ3n) is 3.02. The molecule has 0 aliphatic heterocycles. The highest BCUT2D eigenvalue weighted by molar-refractivity contribution is 5.38. The average molecular weight is 241 g/mol. The van der Waals surface area contributed by atoms with Crippen LogP contribution in [0.15, 0.2) is 18.2 Å². The molecule has 0 bridgehead atoms. The van der Waals surface area contributed by atoms with Gasteiger partial charge in [0.05, 0.1) is 13.7 Å². The number of hydrogen-bond donors (Lipinski definition) is 1. The molecule has 0 amide bonds. The molecule has 0 unspecified atom stereocenters. The average Bonchev–Trinajstić information content (AvgIpc) is 3.10. The van der Waals surface area contributed by atoms with Crippen molar-refractivity contribution in [1.82, 2.24) is 5.32 Å². The van der Waals surface area contributed by atoms with Gasteiger partial charge in [0.25, 0.3) is 5.92 Å². The molecular formula is C13H17F2NO. The van der Waals surface area contributed by atoms with Gasteiger partial charge in [0.2, 0.25) is 0 Å². The summed E-state index contributed by atoms with van der Waals surface area (Å²) in [5.74, 6) is -2.34. The SMILES string of the molecule is COc1cc(C(F)(F)CNC2CC2)ccc1C. The number of halogens is 2. The minimum absolute atomic E-state index is 0.00750. The van der Waals surface area contributed by atoms with Gasteiger partial charge in [-0.15, -0.1) is 0 Å². The van der Waals surface area contributed by atoms with Crippen LogP contribution in [-0.2, 0) is 5.92 Å². The normalized spacial score (nSPS) is 16.0. The van der Waals surface area contributed by atoms with Crippen LogP contribution in [0.25, 0.3) is 0 Å². The summed E-state index contributed by atoms with van der Waals surface area (Å²) in [6, 6.07) is 4.84. The molecule has 94 valence electrons. The number of aryl methyl sites for hydroxylation is 1. The molecule has 1 aromatic carbocycles. The van der Waals surface area contributed by atoms with Crippen LogP contribution >= 0.6 is 0 Å². The second kappa shape index (κ2) is 4.61. The summed E-state index contributed by atoms with van der Waals surface area (Å²) >= 11 is 0. The molecule has 1 fully saturated rings. The van der Waals surface area contributed by atoms with E-state index in [1.807, 2.05) is 6.92 Å². The second-order valence-electron chi connectivity index (χ2n) is 4.54. The van der Waals surface area contributed by atoms with Crippen molar-refractivity contribution in [3.63, 3.8) is 0 Å². The molecule has 0 heterocycles. The minimum Gasteiger partial charge on any atom is -0.496 e. The van der Waals surface area contributed by atoms with Gasteiger partial charge < -0.3 is 10.1 Å². The molecule has 0 atom stereocenters.